The molecule has 0 fully saturated rings. The third kappa shape index (κ3) is 4.62. The van der Waals surface area contributed by atoms with Gasteiger partial charge in [-0.2, -0.15) is 5.10 Å². The van der Waals surface area contributed by atoms with Gasteiger partial charge in [-0.05, 0) is 76.2 Å². The lowest BCUT2D eigenvalue weighted by Gasteiger charge is -2.27. The number of carbonyl (C=O) groups is 1. The summed E-state index contributed by atoms with van der Waals surface area (Å²) < 4.78 is 33.6. The number of nitrogens with zero attached hydrogens (tertiary/aromatic N) is 2. The summed E-state index contributed by atoms with van der Waals surface area (Å²) in [5.41, 5.74) is 1.24. The van der Waals surface area contributed by atoms with Crippen LogP contribution >= 0.6 is 0 Å². The molecule has 152 valence electrons. The van der Waals surface area contributed by atoms with Crippen molar-refractivity contribution in [1.82, 2.24) is 15.1 Å². The number of hydrogen-bond acceptors (Lipinski definition) is 3. The third-order valence-corrected chi connectivity index (χ3v) is 4.67. The molecular weight excluding hydrogens is 376 g/mol. The lowest BCUT2D eigenvalue weighted by atomic mass is 10.1. The molecule has 0 aliphatic carbocycles. The number of rotatable bonds is 6. The summed E-state index contributed by atoms with van der Waals surface area (Å²) in [7, 11) is 0. The predicted molar refractivity (Wildman–Crippen MR) is 106 cm³/mol. The van der Waals surface area contributed by atoms with Gasteiger partial charge in [0.05, 0.1) is 17.9 Å². The molecule has 1 aromatic heterocycles. The zero-order valence-corrected chi connectivity index (χ0v) is 16.7. The number of benzene rings is 2. The van der Waals surface area contributed by atoms with Gasteiger partial charge in [0.1, 0.15) is 17.4 Å². The molecule has 1 N–H and O–H groups in total. The van der Waals surface area contributed by atoms with Gasteiger partial charge < -0.3 is 10.1 Å². The zero-order chi connectivity index (χ0) is 21.2. The fraction of sp³-hybridized carbons (Fsp3) is 0.273. The van der Waals surface area contributed by atoms with Crippen molar-refractivity contribution in [2.45, 2.75) is 39.3 Å². The zero-order valence-electron chi connectivity index (χ0n) is 16.7. The fourth-order valence-corrected chi connectivity index (χ4v) is 2.98. The van der Waals surface area contributed by atoms with Gasteiger partial charge in [-0.25, -0.2) is 13.5 Å². The summed E-state index contributed by atoms with van der Waals surface area (Å²) in [5.74, 6) is -0.604. The van der Waals surface area contributed by atoms with Crippen molar-refractivity contribution in [3.8, 4) is 11.4 Å². The fourth-order valence-electron chi connectivity index (χ4n) is 2.98. The lowest BCUT2D eigenvalue weighted by molar-refractivity contribution is -0.134. The normalized spacial score (nSPS) is 12.5. The van der Waals surface area contributed by atoms with Gasteiger partial charge >= 0.3 is 0 Å². The molecule has 7 heteroatoms. The highest BCUT2D eigenvalue weighted by molar-refractivity contribution is 5.85. The first kappa shape index (κ1) is 20.5. The Hall–Kier alpha value is -3.22. The summed E-state index contributed by atoms with van der Waals surface area (Å²) in [6.45, 7) is 7.03. The number of amides is 1. The van der Waals surface area contributed by atoms with E-state index in [9.17, 15) is 13.6 Å². The second kappa shape index (κ2) is 8.03. The SMILES string of the molecule is Cc1c(C(C)NC(=O)C(C)(C)Oc2ccc(F)cc2)cnn1-c1ccc(F)cc1. The third-order valence-electron chi connectivity index (χ3n) is 4.67. The van der Waals surface area contributed by atoms with Gasteiger partial charge in [0, 0.05) is 11.3 Å². The van der Waals surface area contributed by atoms with Gasteiger partial charge in [0.25, 0.3) is 5.91 Å². The van der Waals surface area contributed by atoms with Crippen molar-refractivity contribution in [2.24, 2.45) is 0 Å². The molecule has 0 radical (unpaired) electrons. The molecule has 0 bridgehead atoms. The van der Waals surface area contributed by atoms with Crippen LogP contribution in [0.15, 0.2) is 54.7 Å². The molecule has 1 heterocycles. The minimum absolute atomic E-state index is 0.316. The minimum atomic E-state index is -1.16. The summed E-state index contributed by atoms with van der Waals surface area (Å²) in [5, 5.41) is 7.29. The van der Waals surface area contributed by atoms with E-state index in [0.717, 1.165) is 16.9 Å². The van der Waals surface area contributed by atoms with Crippen LogP contribution in [0.25, 0.3) is 5.69 Å². The molecule has 0 saturated carbocycles. The first-order chi connectivity index (χ1) is 13.7. The monoisotopic (exact) mass is 399 g/mol. The highest BCUT2D eigenvalue weighted by atomic mass is 19.1. The molecule has 1 amide bonds. The maximum Gasteiger partial charge on any atom is 0.264 e. The van der Waals surface area contributed by atoms with Crippen molar-refractivity contribution in [1.29, 1.82) is 0 Å². The average molecular weight is 399 g/mol. The molecule has 29 heavy (non-hydrogen) atoms. The topological polar surface area (TPSA) is 56.1 Å². The maximum atomic E-state index is 13.2. The van der Waals surface area contributed by atoms with E-state index in [1.165, 1.54) is 36.4 Å². The largest absolute Gasteiger partial charge is 0.478 e. The molecule has 0 aliphatic rings. The Morgan fingerprint density at radius 3 is 2.21 bits per heavy atom. The van der Waals surface area contributed by atoms with Crippen molar-refractivity contribution in [2.75, 3.05) is 0 Å². The molecule has 5 nitrogen and oxygen atoms in total. The number of hydrogen-bond donors (Lipinski definition) is 1. The second-order valence-electron chi connectivity index (χ2n) is 7.33. The van der Waals surface area contributed by atoms with Gasteiger partial charge in [-0.15, -0.1) is 0 Å². The van der Waals surface area contributed by atoms with Crippen molar-refractivity contribution in [3.05, 3.63) is 77.6 Å². The van der Waals surface area contributed by atoms with Crippen LogP contribution in [0.2, 0.25) is 0 Å². The van der Waals surface area contributed by atoms with E-state index in [1.54, 1.807) is 36.9 Å². The molecule has 3 aromatic rings. The van der Waals surface area contributed by atoms with Crippen LogP contribution in [0, 0.1) is 18.6 Å². The summed E-state index contributed by atoms with van der Waals surface area (Å²) in [6, 6.07) is 11.2. The predicted octanol–water partition coefficient (Wildman–Crippen LogP) is 4.49. The number of carbonyl (C=O) groups excluding carboxylic acids is 1. The van der Waals surface area contributed by atoms with Gasteiger partial charge in [0.2, 0.25) is 0 Å². The lowest BCUT2D eigenvalue weighted by Crippen LogP contribution is -2.47. The summed E-state index contributed by atoms with van der Waals surface area (Å²) >= 11 is 0. The molecule has 1 unspecified atom stereocenters. The van der Waals surface area contributed by atoms with Gasteiger partial charge in [-0.3, -0.25) is 4.79 Å². The molecule has 0 aliphatic heterocycles. The Morgan fingerprint density at radius 1 is 1.07 bits per heavy atom. The Kier molecular flexibility index (Phi) is 5.68. The quantitative estimate of drug-likeness (QED) is 0.664. The highest BCUT2D eigenvalue weighted by Gasteiger charge is 2.31. The Balaban J connectivity index is 1.72. The molecular formula is C22H23F2N3O2. The van der Waals surface area contributed by atoms with Crippen LogP contribution in [0.5, 0.6) is 5.75 Å². The maximum absolute atomic E-state index is 13.2. The Morgan fingerprint density at radius 2 is 1.62 bits per heavy atom. The molecule has 0 spiro atoms. The molecule has 2 aromatic carbocycles. The number of aromatic nitrogens is 2. The number of ether oxygens (including phenoxy) is 1. The van der Waals surface area contributed by atoms with E-state index in [1.807, 2.05) is 13.8 Å². The Bertz CT molecular complexity index is 996. The van der Waals surface area contributed by atoms with E-state index in [-0.39, 0.29) is 23.6 Å². The molecule has 3 rings (SSSR count). The van der Waals surface area contributed by atoms with Crippen LogP contribution < -0.4 is 10.1 Å². The highest BCUT2D eigenvalue weighted by Crippen LogP contribution is 2.23. The van der Waals surface area contributed by atoms with Gasteiger partial charge in [-0.1, -0.05) is 0 Å². The Labute approximate surface area is 168 Å². The van der Waals surface area contributed by atoms with Crippen molar-refractivity contribution >= 4 is 5.91 Å². The molecule has 0 saturated heterocycles. The number of halogens is 2. The van der Waals surface area contributed by atoms with E-state index in [2.05, 4.69) is 10.4 Å². The van der Waals surface area contributed by atoms with Crippen LogP contribution in [0.4, 0.5) is 8.78 Å². The second-order valence-corrected chi connectivity index (χ2v) is 7.33. The van der Waals surface area contributed by atoms with Crippen LogP contribution in [0.1, 0.15) is 38.1 Å². The van der Waals surface area contributed by atoms with Gasteiger partial charge in [0.15, 0.2) is 5.60 Å². The minimum Gasteiger partial charge on any atom is -0.478 e. The van der Waals surface area contributed by atoms with Crippen LogP contribution in [-0.2, 0) is 4.79 Å². The van der Waals surface area contributed by atoms with Crippen molar-refractivity contribution in [3.63, 3.8) is 0 Å². The average Bonchev–Trinajstić information content (AvgIpc) is 3.05. The van der Waals surface area contributed by atoms with E-state index >= 15 is 0 Å². The standard InChI is InChI=1S/C22H23F2N3O2/c1-14(20-13-25-27(15(20)2)18-9-5-16(23)6-10-18)26-21(28)22(3,4)29-19-11-7-17(24)8-12-19/h5-14H,1-4H3,(H,26,28). The first-order valence-corrected chi connectivity index (χ1v) is 9.23. The van der Waals surface area contributed by atoms with Crippen molar-refractivity contribution < 1.29 is 18.3 Å². The van der Waals surface area contributed by atoms with Crippen LogP contribution in [-0.4, -0.2) is 21.3 Å². The van der Waals surface area contributed by atoms with E-state index in [4.69, 9.17) is 4.74 Å². The smallest absolute Gasteiger partial charge is 0.264 e. The van der Waals surface area contributed by atoms with Crippen LogP contribution in [0.3, 0.4) is 0 Å². The summed E-state index contributed by atoms with van der Waals surface area (Å²) in [6.07, 6.45) is 1.68. The number of nitrogens with one attached hydrogen (secondary N) is 1. The van der Waals surface area contributed by atoms with E-state index in [0.29, 0.717) is 5.75 Å². The van der Waals surface area contributed by atoms with E-state index < -0.39 is 5.60 Å². The summed E-state index contributed by atoms with van der Waals surface area (Å²) in [4.78, 5) is 12.8. The molecule has 1 atom stereocenters. The first-order valence-electron chi connectivity index (χ1n) is 9.23.